The first-order valence-corrected chi connectivity index (χ1v) is 7.76. The summed E-state index contributed by atoms with van der Waals surface area (Å²) in [5.41, 5.74) is 6.13. The first-order chi connectivity index (χ1) is 10.9. The molecular weight excluding hydrogens is 309 g/mol. The molecule has 1 heterocycles. The van der Waals surface area contributed by atoms with Crippen molar-refractivity contribution in [3.8, 4) is 5.75 Å². The fourth-order valence-electron chi connectivity index (χ4n) is 3.40. The van der Waals surface area contributed by atoms with Gasteiger partial charge >= 0.3 is 6.36 Å². The number of alkyl halides is 3. The standard InChI is InChI=1S/C16H19F3N2O2/c17-16(18,19)23-14-6-2-1-5-11(14)12-8-13(12)15(22)21-7-3-4-10(21)9-20/h1-2,5-6,10,12-13H,3-4,7-9,20H2/t10-,12-,13-/m0/s1. The van der Waals surface area contributed by atoms with Crippen molar-refractivity contribution in [1.29, 1.82) is 0 Å². The Morgan fingerprint density at radius 3 is 2.78 bits per heavy atom. The van der Waals surface area contributed by atoms with E-state index in [-0.39, 0.29) is 29.5 Å². The molecule has 7 heteroatoms. The topological polar surface area (TPSA) is 55.6 Å². The smallest absolute Gasteiger partial charge is 0.405 e. The van der Waals surface area contributed by atoms with Crippen LogP contribution in [0, 0.1) is 5.92 Å². The van der Waals surface area contributed by atoms with Crippen LogP contribution in [0.15, 0.2) is 24.3 Å². The second-order valence-electron chi connectivity index (χ2n) is 6.10. The summed E-state index contributed by atoms with van der Waals surface area (Å²) in [6.45, 7) is 1.11. The third kappa shape index (κ3) is 3.44. The maximum Gasteiger partial charge on any atom is 0.573 e. The van der Waals surface area contributed by atoms with Crippen LogP contribution in [0.25, 0.3) is 0 Å². The SMILES string of the molecule is NC[C@@H]1CCCN1C(=O)[C@H]1C[C@H]1c1ccccc1OC(F)(F)F. The van der Waals surface area contributed by atoms with Crippen molar-refractivity contribution in [1.82, 2.24) is 4.90 Å². The quantitative estimate of drug-likeness (QED) is 0.924. The van der Waals surface area contributed by atoms with Gasteiger partial charge in [0.1, 0.15) is 5.75 Å². The number of hydrogen-bond donors (Lipinski definition) is 1. The number of carbonyl (C=O) groups is 1. The van der Waals surface area contributed by atoms with Gasteiger partial charge < -0.3 is 15.4 Å². The van der Waals surface area contributed by atoms with E-state index in [1.807, 2.05) is 0 Å². The number of halogens is 3. The van der Waals surface area contributed by atoms with Crippen LogP contribution in [-0.2, 0) is 4.79 Å². The Morgan fingerprint density at radius 2 is 2.09 bits per heavy atom. The van der Waals surface area contributed by atoms with E-state index >= 15 is 0 Å². The number of hydrogen-bond acceptors (Lipinski definition) is 3. The lowest BCUT2D eigenvalue weighted by Crippen LogP contribution is -2.40. The molecule has 1 aromatic rings. The van der Waals surface area contributed by atoms with Gasteiger partial charge in [0.05, 0.1) is 0 Å². The maximum absolute atomic E-state index is 12.6. The highest BCUT2D eigenvalue weighted by Gasteiger charge is 2.49. The Balaban J connectivity index is 1.72. The second-order valence-corrected chi connectivity index (χ2v) is 6.10. The zero-order valence-electron chi connectivity index (χ0n) is 12.6. The first kappa shape index (κ1) is 16.1. The largest absolute Gasteiger partial charge is 0.573 e. The molecule has 1 aliphatic heterocycles. The molecule has 3 rings (SSSR count). The van der Waals surface area contributed by atoms with Crippen molar-refractivity contribution in [2.24, 2.45) is 11.7 Å². The van der Waals surface area contributed by atoms with E-state index in [0.29, 0.717) is 25.1 Å². The highest BCUT2D eigenvalue weighted by Crippen LogP contribution is 2.52. The zero-order valence-corrected chi connectivity index (χ0v) is 12.6. The van der Waals surface area contributed by atoms with E-state index in [1.54, 1.807) is 17.0 Å². The molecule has 1 aromatic carbocycles. The molecule has 0 aromatic heterocycles. The normalized spacial score (nSPS) is 27.1. The number of likely N-dealkylation sites (tertiary alicyclic amines) is 1. The Hall–Kier alpha value is -1.76. The van der Waals surface area contributed by atoms with E-state index in [2.05, 4.69) is 4.74 Å². The summed E-state index contributed by atoms with van der Waals surface area (Å²) in [5.74, 6) is -0.679. The molecule has 0 spiro atoms. The maximum atomic E-state index is 12.6. The van der Waals surface area contributed by atoms with Crippen LogP contribution < -0.4 is 10.5 Å². The van der Waals surface area contributed by atoms with Crippen LogP contribution >= 0.6 is 0 Å². The summed E-state index contributed by atoms with van der Waals surface area (Å²) >= 11 is 0. The molecule has 2 N–H and O–H groups in total. The van der Waals surface area contributed by atoms with Crippen LogP contribution in [0.5, 0.6) is 5.75 Å². The third-order valence-electron chi connectivity index (χ3n) is 4.58. The molecule has 23 heavy (non-hydrogen) atoms. The minimum absolute atomic E-state index is 0.00441. The average molecular weight is 328 g/mol. The fourth-order valence-corrected chi connectivity index (χ4v) is 3.40. The van der Waals surface area contributed by atoms with Crippen molar-refractivity contribution in [3.63, 3.8) is 0 Å². The minimum Gasteiger partial charge on any atom is -0.405 e. The average Bonchev–Trinajstić information content (AvgIpc) is 3.13. The number of para-hydroxylation sites is 1. The molecule has 2 fully saturated rings. The summed E-state index contributed by atoms with van der Waals surface area (Å²) in [4.78, 5) is 14.4. The van der Waals surface area contributed by atoms with Crippen molar-refractivity contribution < 1.29 is 22.7 Å². The van der Waals surface area contributed by atoms with Crippen molar-refractivity contribution >= 4 is 5.91 Å². The molecular formula is C16H19F3N2O2. The molecule has 126 valence electrons. The molecule has 0 radical (unpaired) electrons. The number of benzene rings is 1. The first-order valence-electron chi connectivity index (χ1n) is 7.76. The van der Waals surface area contributed by atoms with Gasteiger partial charge in [0, 0.05) is 25.0 Å². The van der Waals surface area contributed by atoms with Gasteiger partial charge in [0.15, 0.2) is 0 Å². The van der Waals surface area contributed by atoms with Gasteiger partial charge in [0.25, 0.3) is 0 Å². The van der Waals surface area contributed by atoms with E-state index in [1.165, 1.54) is 12.1 Å². The number of amides is 1. The minimum atomic E-state index is -4.73. The zero-order chi connectivity index (χ0) is 16.6. The lowest BCUT2D eigenvalue weighted by molar-refractivity contribution is -0.274. The molecule has 1 saturated carbocycles. The summed E-state index contributed by atoms with van der Waals surface area (Å²) in [6, 6.07) is 6.11. The van der Waals surface area contributed by atoms with Gasteiger partial charge in [-0.2, -0.15) is 0 Å². The summed E-state index contributed by atoms with van der Waals surface area (Å²) in [5, 5.41) is 0. The summed E-state index contributed by atoms with van der Waals surface area (Å²) in [7, 11) is 0. The van der Waals surface area contributed by atoms with Crippen LogP contribution in [-0.4, -0.2) is 36.3 Å². The van der Waals surface area contributed by atoms with Crippen LogP contribution in [0.3, 0.4) is 0 Å². The Labute approximate surface area is 132 Å². The number of rotatable bonds is 4. The molecule has 4 nitrogen and oxygen atoms in total. The lowest BCUT2D eigenvalue weighted by atomic mass is 10.1. The predicted molar refractivity (Wildman–Crippen MR) is 77.8 cm³/mol. The Kier molecular flexibility index (Phi) is 4.23. The Bertz CT molecular complexity index is 591. The fraction of sp³-hybridized carbons (Fsp3) is 0.562. The highest BCUT2D eigenvalue weighted by molar-refractivity contribution is 5.83. The van der Waals surface area contributed by atoms with Gasteiger partial charge in [-0.15, -0.1) is 13.2 Å². The monoisotopic (exact) mass is 328 g/mol. The second kappa shape index (κ2) is 6.03. The molecule has 0 unspecified atom stereocenters. The van der Waals surface area contributed by atoms with Gasteiger partial charge in [-0.05, 0) is 36.8 Å². The van der Waals surface area contributed by atoms with Gasteiger partial charge in [0.2, 0.25) is 5.91 Å². The molecule has 3 atom stereocenters. The highest BCUT2D eigenvalue weighted by atomic mass is 19.4. The van der Waals surface area contributed by atoms with Crippen molar-refractivity contribution in [2.75, 3.05) is 13.1 Å². The molecule has 1 aliphatic carbocycles. The Morgan fingerprint density at radius 1 is 1.35 bits per heavy atom. The van der Waals surface area contributed by atoms with Gasteiger partial charge in [-0.25, -0.2) is 0 Å². The van der Waals surface area contributed by atoms with Crippen molar-refractivity contribution in [3.05, 3.63) is 29.8 Å². The molecule has 1 amide bonds. The van der Waals surface area contributed by atoms with E-state index in [9.17, 15) is 18.0 Å². The van der Waals surface area contributed by atoms with E-state index < -0.39 is 6.36 Å². The summed E-state index contributed by atoms with van der Waals surface area (Å²) in [6.07, 6.45) is -2.35. The van der Waals surface area contributed by atoms with Gasteiger partial charge in [-0.3, -0.25) is 4.79 Å². The molecule has 2 aliphatic rings. The third-order valence-corrected chi connectivity index (χ3v) is 4.58. The number of nitrogens with two attached hydrogens (primary N) is 1. The van der Waals surface area contributed by atoms with Crippen LogP contribution in [0.2, 0.25) is 0 Å². The van der Waals surface area contributed by atoms with Crippen LogP contribution in [0.1, 0.15) is 30.7 Å². The van der Waals surface area contributed by atoms with E-state index in [4.69, 9.17) is 5.73 Å². The number of ether oxygens (including phenoxy) is 1. The van der Waals surface area contributed by atoms with E-state index in [0.717, 1.165) is 12.8 Å². The summed E-state index contributed by atoms with van der Waals surface area (Å²) < 4.78 is 41.6. The lowest BCUT2D eigenvalue weighted by Gasteiger charge is -2.23. The van der Waals surface area contributed by atoms with Gasteiger partial charge in [-0.1, -0.05) is 18.2 Å². The van der Waals surface area contributed by atoms with Crippen LogP contribution in [0.4, 0.5) is 13.2 Å². The number of nitrogens with zero attached hydrogens (tertiary/aromatic N) is 1. The predicted octanol–water partition coefficient (Wildman–Crippen LogP) is 2.64. The number of carbonyl (C=O) groups excluding carboxylic acids is 1. The molecule has 0 bridgehead atoms. The van der Waals surface area contributed by atoms with Crippen molar-refractivity contribution in [2.45, 2.75) is 37.6 Å². The molecule has 1 saturated heterocycles.